The van der Waals surface area contributed by atoms with Crippen molar-refractivity contribution in [2.75, 3.05) is 5.32 Å². The van der Waals surface area contributed by atoms with E-state index in [1.54, 1.807) is 10.7 Å². The average Bonchev–Trinajstić information content (AvgIpc) is 3.26. The van der Waals surface area contributed by atoms with Crippen molar-refractivity contribution < 1.29 is 9.18 Å². The number of para-hydroxylation sites is 1. The minimum absolute atomic E-state index is 0.0367. The highest BCUT2D eigenvalue weighted by atomic mass is 35.5. The molecule has 2 aromatic heterocycles. The number of nitrogens with zero attached hydrogens (tertiary/aromatic N) is 2. The quantitative estimate of drug-likeness (QED) is 0.384. The number of H-pyrrole nitrogens is 1. The number of aromatic amines is 1. The van der Waals surface area contributed by atoms with Crippen LogP contribution >= 0.6 is 11.6 Å². The third-order valence-electron chi connectivity index (χ3n) is 5.51. The summed E-state index contributed by atoms with van der Waals surface area (Å²) in [5, 5.41) is 9.09. The number of fused-ring (bicyclic) bond motifs is 1. The molecule has 0 aliphatic rings. The van der Waals surface area contributed by atoms with Crippen molar-refractivity contribution in [2.24, 2.45) is 0 Å². The zero-order valence-corrected chi connectivity index (χ0v) is 18.3. The summed E-state index contributed by atoms with van der Waals surface area (Å²) in [5.41, 5.74) is 5.39. The van der Waals surface area contributed by atoms with E-state index in [9.17, 15) is 9.18 Å². The summed E-state index contributed by atoms with van der Waals surface area (Å²) in [7, 11) is 0. The molecule has 2 aromatic carbocycles. The first-order valence-corrected chi connectivity index (χ1v) is 10.6. The number of anilines is 1. The molecular weight excluding hydrogens is 415 g/mol. The molecule has 4 rings (SSSR count). The number of hydrogen-bond acceptors (Lipinski definition) is 2. The minimum atomic E-state index is -0.372. The van der Waals surface area contributed by atoms with Crippen LogP contribution in [0.25, 0.3) is 10.9 Å². The predicted octanol–water partition coefficient (Wildman–Crippen LogP) is 5.78. The zero-order chi connectivity index (χ0) is 22.0. The first-order valence-electron chi connectivity index (χ1n) is 10.2. The molecule has 160 valence electrons. The lowest BCUT2D eigenvalue weighted by Gasteiger charge is -2.08. The van der Waals surface area contributed by atoms with Crippen LogP contribution in [0.3, 0.4) is 0 Å². The number of carbonyl (C=O) groups is 1. The number of amides is 1. The first kappa shape index (κ1) is 21.1. The molecule has 0 radical (unpaired) electrons. The van der Waals surface area contributed by atoms with Gasteiger partial charge in [-0.25, -0.2) is 4.39 Å². The van der Waals surface area contributed by atoms with Gasteiger partial charge in [-0.1, -0.05) is 35.9 Å². The van der Waals surface area contributed by atoms with Gasteiger partial charge in [-0.2, -0.15) is 5.10 Å². The van der Waals surface area contributed by atoms with E-state index in [-0.39, 0.29) is 11.7 Å². The van der Waals surface area contributed by atoms with Crippen LogP contribution in [0.1, 0.15) is 35.4 Å². The molecule has 4 aromatic rings. The Morgan fingerprint density at radius 2 is 2.00 bits per heavy atom. The number of benzene rings is 2. The maximum atomic E-state index is 13.3. The Hall–Kier alpha value is -3.12. The first-order chi connectivity index (χ1) is 14.9. The van der Waals surface area contributed by atoms with Gasteiger partial charge in [0.05, 0.1) is 23.6 Å². The second-order valence-corrected chi connectivity index (χ2v) is 8.11. The largest absolute Gasteiger partial charge is 0.361 e. The molecule has 0 aliphatic carbocycles. The van der Waals surface area contributed by atoms with Crippen molar-refractivity contribution >= 4 is 34.1 Å². The van der Waals surface area contributed by atoms with Crippen molar-refractivity contribution in [1.29, 1.82) is 0 Å². The Morgan fingerprint density at radius 1 is 1.19 bits per heavy atom. The molecule has 1 amide bonds. The number of halogens is 2. The average molecular weight is 439 g/mol. The molecule has 0 atom stereocenters. The van der Waals surface area contributed by atoms with E-state index >= 15 is 0 Å². The second-order valence-electron chi connectivity index (χ2n) is 7.70. The van der Waals surface area contributed by atoms with Gasteiger partial charge in [0.15, 0.2) is 0 Å². The highest BCUT2D eigenvalue weighted by Gasteiger charge is 2.15. The summed E-state index contributed by atoms with van der Waals surface area (Å²) in [6, 6.07) is 12.5. The number of hydrogen-bond donors (Lipinski definition) is 2. The lowest BCUT2D eigenvalue weighted by Crippen LogP contribution is -2.13. The zero-order valence-electron chi connectivity index (χ0n) is 17.5. The maximum absolute atomic E-state index is 13.3. The van der Waals surface area contributed by atoms with E-state index in [1.807, 2.05) is 38.2 Å². The molecule has 0 saturated heterocycles. The molecule has 31 heavy (non-hydrogen) atoms. The fourth-order valence-electron chi connectivity index (χ4n) is 3.82. The van der Waals surface area contributed by atoms with Gasteiger partial charge in [0.25, 0.3) is 0 Å². The normalized spacial score (nSPS) is 11.2. The molecular formula is C24H24ClFN4O. The maximum Gasteiger partial charge on any atom is 0.224 e. The van der Waals surface area contributed by atoms with Gasteiger partial charge in [0.2, 0.25) is 5.91 Å². The Kier molecular flexibility index (Phi) is 6.09. The third kappa shape index (κ3) is 4.64. The van der Waals surface area contributed by atoms with E-state index in [4.69, 9.17) is 11.6 Å². The lowest BCUT2D eigenvalue weighted by atomic mass is 10.1. The van der Waals surface area contributed by atoms with Gasteiger partial charge in [0.1, 0.15) is 5.82 Å². The minimum Gasteiger partial charge on any atom is -0.361 e. The summed E-state index contributed by atoms with van der Waals surface area (Å²) in [6.07, 6.45) is 4.03. The Morgan fingerprint density at radius 3 is 2.81 bits per heavy atom. The molecule has 0 unspecified atom stereocenters. The fraction of sp³-hybridized carbons (Fsp3) is 0.250. The van der Waals surface area contributed by atoms with Crippen LogP contribution in [0.4, 0.5) is 10.1 Å². The van der Waals surface area contributed by atoms with Crippen molar-refractivity contribution in [3.8, 4) is 0 Å². The number of aromatic nitrogens is 3. The molecule has 0 spiro atoms. The molecule has 2 heterocycles. The van der Waals surface area contributed by atoms with Gasteiger partial charge in [-0.3, -0.25) is 9.48 Å². The van der Waals surface area contributed by atoms with Crippen LogP contribution < -0.4 is 5.32 Å². The van der Waals surface area contributed by atoms with E-state index in [2.05, 4.69) is 21.5 Å². The monoisotopic (exact) mass is 438 g/mol. The predicted molar refractivity (Wildman–Crippen MR) is 122 cm³/mol. The highest BCUT2D eigenvalue weighted by molar-refractivity contribution is 6.31. The standard InChI is InChI=1S/C24H24ClFN4O/c1-15-24(16(2)30(29-15)14-18-10-11-19(26)12-21(18)25)28-23(31)9-5-6-17-13-27-22-8-4-3-7-20(17)22/h3-4,7-8,10-13,27H,5-6,9,14H2,1-2H3,(H,28,31). The smallest absolute Gasteiger partial charge is 0.224 e. The van der Waals surface area contributed by atoms with Gasteiger partial charge >= 0.3 is 0 Å². The molecule has 0 fully saturated rings. The number of nitrogens with one attached hydrogen (secondary N) is 2. The third-order valence-corrected chi connectivity index (χ3v) is 5.86. The van der Waals surface area contributed by atoms with Crippen LogP contribution in [0.2, 0.25) is 5.02 Å². The number of rotatable bonds is 7. The van der Waals surface area contributed by atoms with Gasteiger partial charge in [-0.05, 0) is 56.0 Å². The molecule has 2 N–H and O–H groups in total. The van der Waals surface area contributed by atoms with E-state index in [0.717, 1.165) is 41.0 Å². The SMILES string of the molecule is Cc1nn(Cc2ccc(F)cc2Cl)c(C)c1NC(=O)CCCc1c[nH]c2ccccc12. The van der Waals surface area contributed by atoms with Crippen LogP contribution in [-0.2, 0) is 17.8 Å². The molecule has 0 aliphatic heterocycles. The van der Waals surface area contributed by atoms with Crippen LogP contribution in [0, 0.1) is 19.7 Å². The number of carbonyl (C=O) groups excluding carboxylic acids is 1. The molecule has 7 heteroatoms. The van der Waals surface area contributed by atoms with Crippen molar-refractivity contribution in [2.45, 2.75) is 39.7 Å². The molecule has 0 bridgehead atoms. The number of aryl methyl sites for hydroxylation is 2. The molecule has 5 nitrogen and oxygen atoms in total. The van der Waals surface area contributed by atoms with E-state index < -0.39 is 0 Å². The highest BCUT2D eigenvalue weighted by Crippen LogP contribution is 2.24. The van der Waals surface area contributed by atoms with Crippen LogP contribution in [0.15, 0.2) is 48.7 Å². The van der Waals surface area contributed by atoms with Gasteiger partial charge in [0, 0.05) is 28.5 Å². The fourth-order valence-corrected chi connectivity index (χ4v) is 4.05. The summed E-state index contributed by atoms with van der Waals surface area (Å²) >= 11 is 6.15. The Bertz CT molecular complexity index is 1240. The van der Waals surface area contributed by atoms with Crippen LogP contribution in [-0.4, -0.2) is 20.7 Å². The van der Waals surface area contributed by atoms with E-state index in [0.29, 0.717) is 18.0 Å². The van der Waals surface area contributed by atoms with Crippen molar-refractivity contribution in [3.05, 3.63) is 82.0 Å². The second kappa shape index (κ2) is 8.94. The van der Waals surface area contributed by atoms with Gasteiger partial charge < -0.3 is 10.3 Å². The Balaban J connectivity index is 1.38. The molecule has 0 saturated carbocycles. The van der Waals surface area contributed by atoms with Crippen LogP contribution in [0.5, 0.6) is 0 Å². The topological polar surface area (TPSA) is 62.7 Å². The summed E-state index contributed by atoms with van der Waals surface area (Å²) < 4.78 is 15.1. The summed E-state index contributed by atoms with van der Waals surface area (Å²) in [5.74, 6) is -0.409. The van der Waals surface area contributed by atoms with E-state index in [1.165, 1.54) is 23.1 Å². The van der Waals surface area contributed by atoms with Gasteiger partial charge in [-0.15, -0.1) is 0 Å². The van der Waals surface area contributed by atoms with Crippen molar-refractivity contribution in [3.63, 3.8) is 0 Å². The summed E-state index contributed by atoms with van der Waals surface area (Å²) in [4.78, 5) is 15.8. The Labute approximate surface area is 185 Å². The van der Waals surface area contributed by atoms with Crippen molar-refractivity contribution in [1.82, 2.24) is 14.8 Å². The summed E-state index contributed by atoms with van der Waals surface area (Å²) in [6.45, 7) is 4.17. The lowest BCUT2D eigenvalue weighted by molar-refractivity contribution is -0.116.